The molecule has 0 fully saturated rings. The minimum absolute atomic E-state index is 0.00268. The summed E-state index contributed by atoms with van der Waals surface area (Å²) in [6.45, 7) is 8.26. The van der Waals surface area contributed by atoms with Crippen molar-refractivity contribution >= 4 is 35.4 Å². The highest BCUT2D eigenvalue weighted by Crippen LogP contribution is 2.31. The van der Waals surface area contributed by atoms with E-state index >= 15 is 0 Å². The van der Waals surface area contributed by atoms with Crippen LogP contribution in [0.2, 0.25) is 0 Å². The van der Waals surface area contributed by atoms with Crippen LogP contribution in [0.1, 0.15) is 81.9 Å². The van der Waals surface area contributed by atoms with Crippen LogP contribution in [0.15, 0.2) is 30.3 Å². The first-order chi connectivity index (χ1) is 20.8. The van der Waals surface area contributed by atoms with Crippen molar-refractivity contribution in [3.05, 3.63) is 63.7 Å². The second-order valence-corrected chi connectivity index (χ2v) is 10.9. The number of amides is 2. The van der Waals surface area contributed by atoms with Crippen LogP contribution < -0.4 is 15.4 Å². The highest BCUT2D eigenvalue weighted by Gasteiger charge is 2.38. The van der Waals surface area contributed by atoms with Crippen LogP contribution in [0.25, 0.3) is 0 Å². The van der Waals surface area contributed by atoms with Crippen LogP contribution in [0.4, 0.5) is 13.2 Å². The molecule has 0 saturated carbocycles. The predicted octanol–water partition coefficient (Wildman–Crippen LogP) is 3.60. The number of halogens is 3. The number of nitrogens with one attached hydrogen (secondary N) is 3. The lowest BCUT2D eigenvalue weighted by Gasteiger charge is -2.24. The van der Waals surface area contributed by atoms with Crippen LogP contribution in [0, 0.1) is 5.41 Å². The molecule has 0 spiro atoms. The number of hydrogen-bond donors (Lipinski definition) is 5. The zero-order valence-corrected chi connectivity index (χ0v) is 25.3. The van der Waals surface area contributed by atoms with E-state index < -0.39 is 29.4 Å². The van der Waals surface area contributed by atoms with Crippen LogP contribution in [-0.2, 0) is 21.5 Å². The van der Waals surface area contributed by atoms with Crippen molar-refractivity contribution in [2.75, 3.05) is 26.7 Å². The van der Waals surface area contributed by atoms with Gasteiger partial charge in [0.2, 0.25) is 0 Å². The van der Waals surface area contributed by atoms with Crippen molar-refractivity contribution in [1.82, 2.24) is 15.5 Å². The molecule has 0 saturated heterocycles. The van der Waals surface area contributed by atoms with Crippen molar-refractivity contribution in [2.24, 2.45) is 0 Å². The number of rotatable bonds is 10. The van der Waals surface area contributed by atoms with E-state index in [0.29, 0.717) is 46.7 Å². The largest absolute Gasteiger partial charge is 0.493 e. The molecule has 5 N–H and O–H groups in total. The normalized spacial score (nSPS) is 12.4. The molecule has 1 aliphatic heterocycles. The van der Waals surface area contributed by atoms with Gasteiger partial charge in [0.1, 0.15) is 11.6 Å². The Morgan fingerprint density at radius 1 is 1.00 bits per heavy atom. The third-order valence-electron chi connectivity index (χ3n) is 6.51. The number of Topliss-reactive ketones (excluding diaryl/α,β-unsaturated/α-hetero) is 1. The number of carbonyl (C=O) groups is 5. The second kappa shape index (κ2) is 14.7. The number of hydrogen-bond acceptors (Lipinski definition) is 7. The van der Waals surface area contributed by atoms with Gasteiger partial charge in [-0.05, 0) is 47.7 Å². The van der Waals surface area contributed by atoms with Gasteiger partial charge >= 0.3 is 18.1 Å². The Morgan fingerprint density at radius 3 is 2.13 bits per heavy atom. The van der Waals surface area contributed by atoms with E-state index in [4.69, 9.17) is 25.2 Å². The zero-order chi connectivity index (χ0) is 34.3. The summed E-state index contributed by atoms with van der Waals surface area (Å²) >= 11 is 0. The second-order valence-electron chi connectivity index (χ2n) is 10.9. The summed E-state index contributed by atoms with van der Waals surface area (Å²) in [7, 11) is 1.53. The molecule has 2 amide bonds. The summed E-state index contributed by atoms with van der Waals surface area (Å²) in [5, 5.41) is 29.8. The molecule has 244 valence electrons. The number of fused-ring (bicyclic) bond motifs is 1. The first-order valence-corrected chi connectivity index (χ1v) is 13.6. The zero-order valence-electron chi connectivity index (χ0n) is 25.3. The molecule has 1 aliphatic rings. The summed E-state index contributed by atoms with van der Waals surface area (Å²) in [5.74, 6) is -4.12. The van der Waals surface area contributed by atoms with Crippen LogP contribution >= 0.6 is 0 Å². The van der Waals surface area contributed by atoms with E-state index in [1.54, 1.807) is 35.2 Å². The predicted molar refractivity (Wildman–Crippen MR) is 156 cm³/mol. The number of nitrogens with zero attached hydrogens (tertiary/aromatic N) is 1. The Kier molecular flexibility index (Phi) is 11.8. The van der Waals surface area contributed by atoms with E-state index in [2.05, 4.69) is 10.6 Å². The fraction of sp³-hybridized carbons (Fsp3) is 0.400. The van der Waals surface area contributed by atoms with E-state index in [-0.39, 0.29) is 37.0 Å². The maximum atomic E-state index is 13.3. The molecule has 1 heterocycles. The number of aliphatic carboxylic acids is 2. The van der Waals surface area contributed by atoms with Crippen LogP contribution in [-0.4, -0.2) is 83.4 Å². The highest BCUT2D eigenvalue weighted by molar-refractivity contribution is 6.08. The molecular formula is C30H35F3N4O8. The molecule has 15 heteroatoms. The van der Waals surface area contributed by atoms with Crippen molar-refractivity contribution in [3.63, 3.8) is 0 Å². The van der Waals surface area contributed by atoms with E-state index in [0.717, 1.165) is 5.56 Å². The number of carboxylic acid groups (broad SMARTS) is 2. The summed E-state index contributed by atoms with van der Waals surface area (Å²) < 4.78 is 37.4. The highest BCUT2D eigenvalue weighted by atomic mass is 19.4. The maximum absolute atomic E-state index is 13.3. The molecule has 12 nitrogen and oxygen atoms in total. The molecule has 0 atom stereocenters. The van der Waals surface area contributed by atoms with Crippen molar-refractivity contribution in [2.45, 2.75) is 52.3 Å². The van der Waals surface area contributed by atoms with Gasteiger partial charge in [-0.1, -0.05) is 26.8 Å². The number of ketones is 1. The van der Waals surface area contributed by atoms with Crippen LogP contribution in [0.3, 0.4) is 0 Å². The first-order valence-electron chi connectivity index (χ1n) is 13.6. The van der Waals surface area contributed by atoms with Gasteiger partial charge in [-0.3, -0.25) is 24.6 Å². The average Bonchev–Trinajstić information content (AvgIpc) is 3.24. The van der Waals surface area contributed by atoms with Gasteiger partial charge in [-0.2, -0.15) is 13.2 Å². The SMILES string of the molecule is CCOc1cc2c(cc1C(=O)NC)C(=N)N(CC(=O)c1ccc(C(=O)NCCC(=O)O)c(C(C)(C)C)c1)C2.O=C(O)C(F)(F)F. The van der Waals surface area contributed by atoms with E-state index in [1.807, 2.05) is 27.7 Å². The van der Waals surface area contributed by atoms with Gasteiger partial charge in [-0.25, -0.2) is 4.79 Å². The number of carbonyl (C=O) groups excluding carboxylic acids is 3. The van der Waals surface area contributed by atoms with Gasteiger partial charge in [0, 0.05) is 36.8 Å². The smallest absolute Gasteiger partial charge is 0.490 e. The van der Waals surface area contributed by atoms with Gasteiger partial charge < -0.3 is 30.5 Å². The monoisotopic (exact) mass is 636 g/mol. The standard InChI is InChI=1S/C28H34N4O6.C2HF3O2/c1-6-38-23-12-17-14-32(25(29)19(17)13-20(23)26(36)30-5)15-22(33)16-7-8-18(21(11-16)28(2,3)4)27(37)31-10-9-24(34)35;3-2(4,5)1(6)7/h7-8,11-13,29H,6,9-10,14-15H2,1-5H3,(H,30,36)(H,31,37)(H,34,35);(H,6,7). The van der Waals surface area contributed by atoms with E-state index in [1.165, 1.54) is 7.05 Å². The third kappa shape index (κ3) is 9.52. The molecular weight excluding hydrogens is 601 g/mol. The lowest BCUT2D eigenvalue weighted by molar-refractivity contribution is -0.192. The minimum atomic E-state index is -5.08. The van der Waals surface area contributed by atoms with Gasteiger partial charge in [0.15, 0.2) is 5.78 Å². The quantitative estimate of drug-likeness (QED) is 0.243. The molecule has 0 aliphatic carbocycles. The Balaban J connectivity index is 0.000000900. The average molecular weight is 637 g/mol. The lowest BCUT2D eigenvalue weighted by Crippen LogP contribution is -2.31. The Bertz CT molecular complexity index is 1500. The van der Waals surface area contributed by atoms with Crippen molar-refractivity contribution in [3.8, 4) is 5.75 Å². The minimum Gasteiger partial charge on any atom is -0.493 e. The molecule has 3 rings (SSSR count). The Morgan fingerprint density at radius 2 is 1.62 bits per heavy atom. The topological polar surface area (TPSA) is 186 Å². The fourth-order valence-electron chi connectivity index (χ4n) is 4.33. The number of amidine groups is 1. The molecule has 0 unspecified atom stereocenters. The maximum Gasteiger partial charge on any atom is 0.490 e. The first kappa shape index (κ1) is 36.2. The summed E-state index contributed by atoms with van der Waals surface area (Å²) in [4.78, 5) is 59.7. The molecule has 45 heavy (non-hydrogen) atoms. The number of ether oxygens (including phenoxy) is 1. The van der Waals surface area contributed by atoms with Crippen molar-refractivity contribution in [1.29, 1.82) is 5.41 Å². The molecule has 2 aromatic carbocycles. The summed E-state index contributed by atoms with van der Waals surface area (Å²) in [6.07, 6.45) is -5.27. The van der Waals surface area contributed by atoms with Gasteiger partial charge in [-0.15, -0.1) is 0 Å². The molecule has 0 bridgehead atoms. The third-order valence-corrected chi connectivity index (χ3v) is 6.51. The van der Waals surface area contributed by atoms with Crippen LogP contribution in [0.5, 0.6) is 5.75 Å². The fourth-order valence-corrected chi connectivity index (χ4v) is 4.33. The molecule has 0 radical (unpaired) electrons. The summed E-state index contributed by atoms with van der Waals surface area (Å²) in [6, 6.07) is 8.23. The number of alkyl halides is 3. The van der Waals surface area contributed by atoms with Gasteiger partial charge in [0.05, 0.1) is 25.1 Å². The van der Waals surface area contributed by atoms with Gasteiger partial charge in [0.25, 0.3) is 11.8 Å². The number of benzene rings is 2. The van der Waals surface area contributed by atoms with Crippen molar-refractivity contribution < 1.29 is 52.1 Å². The lowest BCUT2D eigenvalue weighted by atomic mass is 9.82. The molecule has 2 aromatic rings. The Labute approximate surface area is 257 Å². The Hall–Kier alpha value is -4.95. The summed E-state index contributed by atoms with van der Waals surface area (Å²) in [5.41, 5.74) is 2.68. The molecule has 0 aromatic heterocycles. The van der Waals surface area contributed by atoms with E-state index in [9.17, 15) is 32.3 Å². The number of carboxylic acids is 2.